The molecular weight excluding hydrogens is 228 g/mol. The first kappa shape index (κ1) is 11.0. The Bertz CT molecular complexity index is 548. The van der Waals surface area contributed by atoms with E-state index in [9.17, 15) is 4.79 Å². The fourth-order valence-electron chi connectivity index (χ4n) is 1.74. The van der Waals surface area contributed by atoms with Crippen molar-refractivity contribution in [3.05, 3.63) is 34.9 Å². The smallest absolute Gasteiger partial charge is 0.309 e. The molecule has 0 aliphatic carbocycles. The SMILES string of the molecule is CCc1nc(CC(=O)O)c2cccc(Cl)n12. The van der Waals surface area contributed by atoms with Crippen molar-refractivity contribution in [2.45, 2.75) is 19.8 Å². The van der Waals surface area contributed by atoms with Crippen LogP contribution in [-0.2, 0) is 17.6 Å². The first-order valence-electron chi connectivity index (χ1n) is 5.00. The predicted octanol–water partition coefficient (Wildman–Crippen LogP) is 2.18. The molecule has 84 valence electrons. The third kappa shape index (κ3) is 1.76. The van der Waals surface area contributed by atoms with Crippen LogP contribution in [0.15, 0.2) is 18.2 Å². The number of carboxylic acid groups (broad SMARTS) is 1. The van der Waals surface area contributed by atoms with Crippen molar-refractivity contribution in [1.29, 1.82) is 0 Å². The molecule has 5 heteroatoms. The zero-order valence-electron chi connectivity index (χ0n) is 8.77. The summed E-state index contributed by atoms with van der Waals surface area (Å²) in [5.74, 6) is -0.0977. The van der Waals surface area contributed by atoms with E-state index in [1.54, 1.807) is 16.5 Å². The van der Waals surface area contributed by atoms with Crippen LogP contribution in [0.4, 0.5) is 0 Å². The fraction of sp³-hybridized carbons (Fsp3) is 0.273. The van der Waals surface area contributed by atoms with Gasteiger partial charge in [-0.15, -0.1) is 0 Å². The van der Waals surface area contributed by atoms with Gasteiger partial charge >= 0.3 is 5.97 Å². The van der Waals surface area contributed by atoms with Gasteiger partial charge in [-0.2, -0.15) is 0 Å². The van der Waals surface area contributed by atoms with Gasteiger partial charge < -0.3 is 5.11 Å². The molecule has 0 saturated heterocycles. The van der Waals surface area contributed by atoms with E-state index in [1.165, 1.54) is 0 Å². The minimum atomic E-state index is -0.886. The van der Waals surface area contributed by atoms with E-state index >= 15 is 0 Å². The predicted molar refractivity (Wildman–Crippen MR) is 60.9 cm³/mol. The molecule has 0 fully saturated rings. The Hall–Kier alpha value is -1.55. The molecular formula is C11H11ClN2O2. The maximum Gasteiger partial charge on any atom is 0.309 e. The molecule has 2 heterocycles. The Labute approximate surface area is 97.5 Å². The summed E-state index contributed by atoms with van der Waals surface area (Å²) in [7, 11) is 0. The van der Waals surface area contributed by atoms with E-state index in [4.69, 9.17) is 16.7 Å². The molecule has 0 spiro atoms. The average molecular weight is 239 g/mol. The van der Waals surface area contributed by atoms with Crippen LogP contribution in [0.3, 0.4) is 0 Å². The average Bonchev–Trinajstić information content (AvgIpc) is 2.57. The Morgan fingerprint density at radius 1 is 1.56 bits per heavy atom. The Balaban J connectivity index is 2.68. The summed E-state index contributed by atoms with van der Waals surface area (Å²) in [6.07, 6.45) is 0.633. The summed E-state index contributed by atoms with van der Waals surface area (Å²) in [4.78, 5) is 15.0. The third-order valence-corrected chi connectivity index (χ3v) is 2.69. The van der Waals surface area contributed by atoms with Crippen molar-refractivity contribution in [2.75, 3.05) is 0 Å². The molecule has 16 heavy (non-hydrogen) atoms. The van der Waals surface area contributed by atoms with Gasteiger partial charge in [0.2, 0.25) is 0 Å². The zero-order valence-corrected chi connectivity index (χ0v) is 9.53. The Morgan fingerprint density at radius 2 is 2.31 bits per heavy atom. The standard InChI is InChI=1S/C11H11ClN2O2/c1-2-10-13-7(6-11(15)16)8-4-3-5-9(12)14(8)10/h3-5H,2,6H2,1H3,(H,15,16). The molecule has 0 aliphatic heterocycles. The number of rotatable bonds is 3. The van der Waals surface area contributed by atoms with Crippen LogP contribution in [0.1, 0.15) is 18.4 Å². The second-order valence-electron chi connectivity index (χ2n) is 3.47. The molecule has 1 N–H and O–H groups in total. The summed E-state index contributed by atoms with van der Waals surface area (Å²) in [6, 6.07) is 5.39. The van der Waals surface area contributed by atoms with E-state index in [1.807, 2.05) is 13.0 Å². The van der Waals surface area contributed by atoms with Crippen molar-refractivity contribution in [3.63, 3.8) is 0 Å². The molecule has 0 bridgehead atoms. The number of hydrogen-bond donors (Lipinski definition) is 1. The third-order valence-electron chi connectivity index (χ3n) is 2.40. The number of carboxylic acids is 1. The minimum Gasteiger partial charge on any atom is -0.481 e. The number of fused-ring (bicyclic) bond motifs is 1. The number of aryl methyl sites for hydroxylation is 1. The molecule has 0 saturated carbocycles. The highest BCUT2D eigenvalue weighted by atomic mass is 35.5. The first-order chi connectivity index (χ1) is 7.63. The van der Waals surface area contributed by atoms with Crippen molar-refractivity contribution in [1.82, 2.24) is 9.38 Å². The lowest BCUT2D eigenvalue weighted by Gasteiger charge is -2.00. The van der Waals surface area contributed by atoms with E-state index < -0.39 is 5.97 Å². The van der Waals surface area contributed by atoms with E-state index in [2.05, 4.69) is 4.98 Å². The van der Waals surface area contributed by atoms with Crippen LogP contribution in [0.5, 0.6) is 0 Å². The van der Waals surface area contributed by atoms with Crippen molar-refractivity contribution >= 4 is 23.1 Å². The van der Waals surface area contributed by atoms with Crippen molar-refractivity contribution in [2.24, 2.45) is 0 Å². The van der Waals surface area contributed by atoms with Crippen LogP contribution in [0.25, 0.3) is 5.52 Å². The second-order valence-corrected chi connectivity index (χ2v) is 3.86. The van der Waals surface area contributed by atoms with Gasteiger partial charge in [0, 0.05) is 6.42 Å². The van der Waals surface area contributed by atoms with Gasteiger partial charge in [0.25, 0.3) is 0 Å². The summed E-state index contributed by atoms with van der Waals surface area (Å²) in [5.41, 5.74) is 1.33. The normalized spacial score (nSPS) is 10.9. The quantitative estimate of drug-likeness (QED) is 0.834. The summed E-state index contributed by atoms with van der Waals surface area (Å²) in [6.45, 7) is 1.96. The number of aliphatic carboxylic acids is 1. The Kier molecular flexibility index (Phi) is 2.83. The maximum atomic E-state index is 10.7. The zero-order chi connectivity index (χ0) is 11.7. The van der Waals surface area contributed by atoms with Crippen LogP contribution < -0.4 is 0 Å². The van der Waals surface area contributed by atoms with E-state index in [-0.39, 0.29) is 6.42 Å². The van der Waals surface area contributed by atoms with Gasteiger partial charge in [-0.1, -0.05) is 24.6 Å². The Morgan fingerprint density at radius 3 is 2.94 bits per heavy atom. The number of carbonyl (C=O) groups is 1. The monoisotopic (exact) mass is 238 g/mol. The van der Waals surface area contributed by atoms with E-state index in [0.717, 1.165) is 11.3 Å². The van der Waals surface area contributed by atoms with Crippen LogP contribution in [-0.4, -0.2) is 20.5 Å². The minimum absolute atomic E-state index is 0.0795. The molecule has 4 nitrogen and oxygen atoms in total. The molecule has 2 aromatic rings. The van der Waals surface area contributed by atoms with Crippen LogP contribution in [0, 0.1) is 0 Å². The van der Waals surface area contributed by atoms with Crippen LogP contribution in [0.2, 0.25) is 5.15 Å². The van der Waals surface area contributed by atoms with Gasteiger partial charge in [0.05, 0.1) is 17.6 Å². The van der Waals surface area contributed by atoms with Gasteiger partial charge in [0.15, 0.2) is 0 Å². The van der Waals surface area contributed by atoms with Crippen molar-refractivity contribution in [3.8, 4) is 0 Å². The number of nitrogens with zero attached hydrogens (tertiary/aromatic N) is 2. The molecule has 0 radical (unpaired) electrons. The van der Waals surface area contributed by atoms with Gasteiger partial charge in [0.1, 0.15) is 11.0 Å². The highest BCUT2D eigenvalue weighted by molar-refractivity contribution is 6.29. The molecule has 0 amide bonds. The molecule has 0 unspecified atom stereocenters. The summed E-state index contributed by atoms with van der Waals surface area (Å²) >= 11 is 6.07. The molecule has 0 atom stereocenters. The summed E-state index contributed by atoms with van der Waals surface area (Å²) in [5, 5.41) is 9.35. The topological polar surface area (TPSA) is 54.6 Å². The molecule has 0 aliphatic rings. The lowest BCUT2D eigenvalue weighted by atomic mass is 10.2. The lowest BCUT2D eigenvalue weighted by Crippen LogP contribution is -2.00. The van der Waals surface area contributed by atoms with Crippen molar-refractivity contribution < 1.29 is 9.90 Å². The fourth-order valence-corrected chi connectivity index (χ4v) is 2.01. The number of hydrogen-bond acceptors (Lipinski definition) is 2. The number of aromatic nitrogens is 2. The number of halogens is 1. The van der Waals surface area contributed by atoms with Crippen LogP contribution >= 0.6 is 11.6 Å². The highest BCUT2D eigenvalue weighted by Gasteiger charge is 2.13. The lowest BCUT2D eigenvalue weighted by molar-refractivity contribution is -0.136. The first-order valence-corrected chi connectivity index (χ1v) is 5.37. The van der Waals surface area contributed by atoms with Gasteiger partial charge in [-0.25, -0.2) is 4.98 Å². The second kappa shape index (κ2) is 4.14. The van der Waals surface area contributed by atoms with E-state index in [0.29, 0.717) is 17.3 Å². The molecule has 2 aromatic heterocycles. The summed E-state index contributed by atoms with van der Waals surface area (Å²) < 4.78 is 1.79. The number of pyridine rings is 1. The molecule has 2 rings (SSSR count). The highest BCUT2D eigenvalue weighted by Crippen LogP contribution is 2.20. The van der Waals surface area contributed by atoms with Gasteiger partial charge in [-0.3, -0.25) is 9.20 Å². The largest absolute Gasteiger partial charge is 0.481 e. The van der Waals surface area contributed by atoms with Gasteiger partial charge in [-0.05, 0) is 12.1 Å². The maximum absolute atomic E-state index is 10.7. The number of imidazole rings is 1. The molecule has 0 aromatic carbocycles.